The van der Waals surface area contributed by atoms with Gasteiger partial charge in [-0.3, -0.25) is 0 Å². The molecule has 0 bridgehead atoms. The van der Waals surface area contributed by atoms with Crippen LogP contribution in [0.5, 0.6) is 0 Å². The van der Waals surface area contributed by atoms with Gasteiger partial charge in [0.1, 0.15) is 5.82 Å². The maximum absolute atomic E-state index is 12.9. The number of nitrogens with one attached hydrogen (secondary N) is 1. The third-order valence-electron chi connectivity index (χ3n) is 1.97. The van der Waals surface area contributed by atoms with Crippen LogP contribution in [0.15, 0.2) is 35.3 Å². The quantitative estimate of drug-likeness (QED) is 0.594. The second-order valence-electron chi connectivity index (χ2n) is 3.29. The monoisotopic (exact) mass is 339 g/mol. The van der Waals surface area contributed by atoms with Crippen LogP contribution in [0, 0.1) is 5.82 Å². The minimum atomic E-state index is -0.217. The lowest BCUT2D eigenvalue weighted by Crippen LogP contribution is -2.16. The molecule has 1 aromatic rings. The van der Waals surface area contributed by atoms with E-state index >= 15 is 0 Å². The average molecular weight is 341 g/mol. The third-order valence-corrected chi connectivity index (χ3v) is 3.54. The number of benzene rings is 1. The lowest BCUT2D eigenvalue weighted by Gasteiger charge is -2.05. The van der Waals surface area contributed by atoms with Crippen LogP contribution in [0.3, 0.4) is 0 Å². The summed E-state index contributed by atoms with van der Waals surface area (Å²) in [5.41, 5.74) is 1.09. The first kappa shape index (κ1) is 17.0. The standard InChI is InChI=1S/C12H15BrFNS.ClH/c1-2-6-16-7-5-15-9-10-3-4-12(14)11(13)8-10;/h2-4,8,15H,1,5-7,9H2;1H. The molecule has 0 aliphatic rings. The second-order valence-corrected chi connectivity index (χ2v) is 5.29. The molecule has 0 unspecified atom stereocenters. The smallest absolute Gasteiger partial charge is 0.137 e. The summed E-state index contributed by atoms with van der Waals surface area (Å²) in [5.74, 6) is 1.84. The molecule has 0 spiro atoms. The molecule has 1 rings (SSSR count). The molecule has 1 aromatic carbocycles. The topological polar surface area (TPSA) is 12.0 Å². The fourth-order valence-corrected chi connectivity index (χ4v) is 2.24. The van der Waals surface area contributed by atoms with Crippen molar-refractivity contribution in [1.29, 1.82) is 0 Å². The Bertz CT molecular complexity index is 349. The maximum atomic E-state index is 12.9. The molecule has 0 amide bonds. The third kappa shape index (κ3) is 7.09. The summed E-state index contributed by atoms with van der Waals surface area (Å²) in [6.45, 7) is 5.39. The fraction of sp³-hybridized carbons (Fsp3) is 0.333. The highest BCUT2D eigenvalue weighted by Gasteiger charge is 1.99. The van der Waals surface area contributed by atoms with E-state index in [1.807, 2.05) is 17.8 Å². The molecule has 0 aliphatic heterocycles. The predicted octanol–water partition coefficient (Wildman–Crippen LogP) is 4.02. The maximum Gasteiger partial charge on any atom is 0.137 e. The highest BCUT2D eigenvalue weighted by Crippen LogP contribution is 2.16. The van der Waals surface area contributed by atoms with E-state index in [1.165, 1.54) is 6.07 Å². The molecule has 1 nitrogen and oxygen atoms in total. The summed E-state index contributed by atoms with van der Waals surface area (Å²) in [6, 6.07) is 5.08. The molecule has 0 radical (unpaired) electrons. The zero-order valence-corrected chi connectivity index (χ0v) is 12.6. The van der Waals surface area contributed by atoms with E-state index in [2.05, 4.69) is 27.8 Å². The first-order valence-electron chi connectivity index (χ1n) is 5.07. The van der Waals surface area contributed by atoms with Crippen molar-refractivity contribution in [3.8, 4) is 0 Å². The van der Waals surface area contributed by atoms with Crippen LogP contribution < -0.4 is 5.32 Å². The van der Waals surface area contributed by atoms with Crippen molar-refractivity contribution in [2.45, 2.75) is 6.54 Å². The van der Waals surface area contributed by atoms with E-state index in [0.717, 1.165) is 30.2 Å². The van der Waals surface area contributed by atoms with Crippen molar-refractivity contribution in [2.75, 3.05) is 18.1 Å². The molecule has 0 fully saturated rings. The lowest BCUT2D eigenvalue weighted by atomic mass is 10.2. The van der Waals surface area contributed by atoms with Gasteiger partial charge in [0.05, 0.1) is 4.47 Å². The Kier molecular flexibility index (Phi) is 9.93. The Labute approximate surface area is 121 Å². The highest BCUT2D eigenvalue weighted by molar-refractivity contribution is 9.10. The summed E-state index contributed by atoms with van der Waals surface area (Å²) in [7, 11) is 0. The van der Waals surface area contributed by atoms with Crippen LogP contribution in [-0.2, 0) is 6.54 Å². The molecule has 96 valence electrons. The summed E-state index contributed by atoms with van der Waals surface area (Å²) < 4.78 is 13.5. The van der Waals surface area contributed by atoms with Gasteiger partial charge in [0.15, 0.2) is 0 Å². The molecule has 0 atom stereocenters. The Morgan fingerprint density at radius 2 is 2.24 bits per heavy atom. The average Bonchev–Trinajstić information content (AvgIpc) is 2.28. The Morgan fingerprint density at radius 3 is 2.88 bits per heavy atom. The molecule has 0 saturated heterocycles. The van der Waals surface area contributed by atoms with Crippen molar-refractivity contribution >= 4 is 40.1 Å². The van der Waals surface area contributed by atoms with Gasteiger partial charge in [-0.2, -0.15) is 11.8 Å². The zero-order chi connectivity index (χ0) is 11.8. The van der Waals surface area contributed by atoms with Gasteiger partial charge >= 0.3 is 0 Å². The van der Waals surface area contributed by atoms with E-state index in [4.69, 9.17) is 0 Å². The van der Waals surface area contributed by atoms with Gasteiger partial charge in [-0.05, 0) is 33.6 Å². The van der Waals surface area contributed by atoms with Gasteiger partial charge in [-0.25, -0.2) is 4.39 Å². The predicted molar refractivity (Wildman–Crippen MR) is 80.6 cm³/mol. The van der Waals surface area contributed by atoms with Gasteiger partial charge < -0.3 is 5.32 Å². The van der Waals surface area contributed by atoms with Crippen LogP contribution in [0.4, 0.5) is 4.39 Å². The van der Waals surface area contributed by atoms with Gasteiger partial charge in [0.2, 0.25) is 0 Å². The van der Waals surface area contributed by atoms with Gasteiger partial charge in [0, 0.05) is 24.6 Å². The molecule has 0 heterocycles. The van der Waals surface area contributed by atoms with E-state index in [-0.39, 0.29) is 18.2 Å². The first-order valence-corrected chi connectivity index (χ1v) is 7.02. The number of hydrogen-bond donors (Lipinski definition) is 1. The van der Waals surface area contributed by atoms with Crippen molar-refractivity contribution in [1.82, 2.24) is 5.32 Å². The first-order chi connectivity index (χ1) is 7.74. The van der Waals surface area contributed by atoms with Gasteiger partial charge in [0.25, 0.3) is 0 Å². The van der Waals surface area contributed by atoms with Crippen molar-refractivity contribution in [2.24, 2.45) is 0 Å². The normalized spacial score (nSPS) is 9.76. The summed E-state index contributed by atoms with van der Waals surface area (Å²) >= 11 is 5.02. The Balaban J connectivity index is 0.00000256. The minimum Gasteiger partial charge on any atom is -0.312 e. The molecule has 0 aromatic heterocycles. The second kappa shape index (κ2) is 9.95. The Hall–Kier alpha value is -0.0300. The number of thioether (sulfide) groups is 1. The molecule has 0 aliphatic carbocycles. The summed E-state index contributed by atoms with van der Waals surface area (Å²) in [6.07, 6.45) is 1.90. The van der Waals surface area contributed by atoms with Crippen molar-refractivity contribution < 1.29 is 4.39 Å². The van der Waals surface area contributed by atoms with E-state index < -0.39 is 0 Å². The molecule has 17 heavy (non-hydrogen) atoms. The summed E-state index contributed by atoms with van der Waals surface area (Å²) in [4.78, 5) is 0. The van der Waals surface area contributed by atoms with Crippen LogP contribution in [0.25, 0.3) is 0 Å². The largest absolute Gasteiger partial charge is 0.312 e. The van der Waals surface area contributed by atoms with E-state index in [9.17, 15) is 4.39 Å². The molecular formula is C12H16BrClFNS. The van der Waals surface area contributed by atoms with Crippen LogP contribution in [0.1, 0.15) is 5.56 Å². The van der Waals surface area contributed by atoms with Crippen molar-refractivity contribution in [3.05, 3.63) is 46.7 Å². The van der Waals surface area contributed by atoms with E-state index in [1.54, 1.807) is 12.1 Å². The fourth-order valence-electron chi connectivity index (χ4n) is 1.19. The van der Waals surface area contributed by atoms with Crippen LogP contribution in [0.2, 0.25) is 0 Å². The zero-order valence-electron chi connectivity index (χ0n) is 9.42. The highest BCUT2D eigenvalue weighted by atomic mass is 79.9. The van der Waals surface area contributed by atoms with Crippen LogP contribution >= 0.6 is 40.1 Å². The molecule has 1 N–H and O–H groups in total. The minimum absolute atomic E-state index is 0. The van der Waals surface area contributed by atoms with Gasteiger partial charge in [-0.15, -0.1) is 19.0 Å². The van der Waals surface area contributed by atoms with Crippen LogP contribution in [-0.4, -0.2) is 18.1 Å². The SMILES string of the molecule is C=CCSCCNCc1ccc(F)c(Br)c1.Cl. The molecular weight excluding hydrogens is 325 g/mol. The Morgan fingerprint density at radius 1 is 1.47 bits per heavy atom. The van der Waals surface area contributed by atoms with Gasteiger partial charge in [-0.1, -0.05) is 12.1 Å². The molecule has 5 heteroatoms. The number of halogens is 3. The van der Waals surface area contributed by atoms with Crippen molar-refractivity contribution in [3.63, 3.8) is 0 Å². The molecule has 0 saturated carbocycles. The van der Waals surface area contributed by atoms with E-state index in [0.29, 0.717) is 4.47 Å². The summed E-state index contributed by atoms with van der Waals surface area (Å²) in [5, 5.41) is 3.31. The number of hydrogen-bond acceptors (Lipinski definition) is 2. The lowest BCUT2D eigenvalue weighted by molar-refractivity contribution is 0.619. The number of rotatable bonds is 7.